The molecule has 114 valence electrons. The van der Waals surface area contributed by atoms with Gasteiger partial charge in [0, 0.05) is 31.1 Å². The van der Waals surface area contributed by atoms with E-state index in [4.69, 9.17) is 16.6 Å². The summed E-state index contributed by atoms with van der Waals surface area (Å²) in [6.07, 6.45) is 5.36. The number of aryl methyl sites for hydroxylation is 2. The van der Waals surface area contributed by atoms with E-state index in [0.717, 1.165) is 35.5 Å². The van der Waals surface area contributed by atoms with Crippen molar-refractivity contribution < 1.29 is 0 Å². The van der Waals surface area contributed by atoms with Gasteiger partial charge in [0.2, 0.25) is 0 Å². The molecular weight excluding hydrogens is 284 g/mol. The molecule has 3 heterocycles. The third kappa shape index (κ3) is 3.06. The summed E-state index contributed by atoms with van der Waals surface area (Å²) in [6.45, 7) is 7.73. The molecule has 0 bridgehead atoms. The Morgan fingerprint density at radius 3 is 2.81 bits per heavy atom. The van der Waals surface area contributed by atoms with Crippen LogP contribution in [0.25, 0.3) is 11.2 Å². The monoisotopic (exact) mass is 306 g/mol. The van der Waals surface area contributed by atoms with Crippen LogP contribution in [-0.4, -0.2) is 44.4 Å². The lowest BCUT2D eigenvalue weighted by Gasteiger charge is -2.24. The molecule has 0 aliphatic carbocycles. The van der Waals surface area contributed by atoms with E-state index in [-0.39, 0.29) is 0 Å². The number of hydrogen-bond donors (Lipinski definition) is 0. The van der Waals surface area contributed by atoms with Gasteiger partial charge in [0.25, 0.3) is 0 Å². The van der Waals surface area contributed by atoms with E-state index in [9.17, 15) is 0 Å². The largest absolute Gasteiger partial charge is 0.311 e. The van der Waals surface area contributed by atoms with Gasteiger partial charge in [0.15, 0.2) is 5.65 Å². The Balaban J connectivity index is 1.92. The zero-order valence-electron chi connectivity index (χ0n) is 12.8. The molecule has 1 saturated heterocycles. The minimum Gasteiger partial charge on any atom is -0.311 e. The van der Waals surface area contributed by atoms with Gasteiger partial charge in [-0.2, -0.15) is 0 Å². The van der Waals surface area contributed by atoms with E-state index in [1.807, 2.05) is 6.20 Å². The van der Waals surface area contributed by atoms with Crippen LogP contribution in [-0.2, 0) is 13.0 Å². The molecule has 0 amide bonds. The Hall–Kier alpha value is -1.13. The summed E-state index contributed by atoms with van der Waals surface area (Å²) in [5.41, 5.74) is 3.13. The molecule has 2 aromatic rings. The third-order valence-corrected chi connectivity index (χ3v) is 4.52. The molecule has 5 heteroatoms. The number of nitrogens with zero attached hydrogens (tertiary/aromatic N) is 4. The Labute approximate surface area is 131 Å². The lowest BCUT2D eigenvalue weighted by atomic mass is 10.2. The fourth-order valence-corrected chi connectivity index (χ4v) is 3.36. The quantitative estimate of drug-likeness (QED) is 0.796. The van der Waals surface area contributed by atoms with Crippen LogP contribution in [0.1, 0.15) is 31.2 Å². The maximum atomic E-state index is 5.95. The van der Waals surface area contributed by atoms with Crippen molar-refractivity contribution in [1.29, 1.82) is 0 Å². The van der Waals surface area contributed by atoms with Gasteiger partial charge in [0.05, 0.1) is 0 Å². The summed E-state index contributed by atoms with van der Waals surface area (Å²) in [7, 11) is 0. The smallest absolute Gasteiger partial charge is 0.160 e. The summed E-state index contributed by atoms with van der Waals surface area (Å²) in [5, 5.41) is 0. The molecule has 1 aliphatic rings. The molecule has 4 nitrogen and oxygen atoms in total. The zero-order chi connectivity index (χ0) is 14.8. The molecule has 2 aromatic heterocycles. The van der Waals surface area contributed by atoms with Gasteiger partial charge < -0.3 is 4.57 Å². The number of imidazole rings is 1. The van der Waals surface area contributed by atoms with Crippen molar-refractivity contribution in [2.24, 2.45) is 0 Å². The minimum atomic E-state index is 0.516. The molecule has 1 atom stereocenters. The van der Waals surface area contributed by atoms with Gasteiger partial charge in [-0.25, -0.2) is 9.97 Å². The third-order valence-electron chi connectivity index (χ3n) is 4.33. The fraction of sp³-hybridized carbons (Fsp3) is 0.625. The first-order chi connectivity index (χ1) is 10.2. The van der Waals surface area contributed by atoms with Gasteiger partial charge >= 0.3 is 0 Å². The van der Waals surface area contributed by atoms with Gasteiger partial charge in [0.1, 0.15) is 11.3 Å². The number of hydrogen-bond acceptors (Lipinski definition) is 3. The van der Waals surface area contributed by atoms with E-state index in [1.165, 1.54) is 25.9 Å². The standard InChI is InChI=1S/C16H23ClN4/c1-12-9-14-16(18-10-12)21(15(19-14)5-6-17)11-13(2)20-7-3-4-8-20/h9-10,13H,3-8,11H2,1-2H3. The number of aromatic nitrogens is 3. The number of likely N-dealkylation sites (tertiary alicyclic amines) is 1. The topological polar surface area (TPSA) is 34.0 Å². The summed E-state index contributed by atoms with van der Waals surface area (Å²) < 4.78 is 2.26. The average molecular weight is 307 g/mol. The highest BCUT2D eigenvalue weighted by molar-refractivity contribution is 6.17. The van der Waals surface area contributed by atoms with Crippen molar-refractivity contribution >= 4 is 22.8 Å². The molecule has 1 fully saturated rings. The molecule has 0 radical (unpaired) electrons. The second-order valence-electron chi connectivity index (χ2n) is 6.03. The maximum Gasteiger partial charge on any atom is 0.160 e. The van der Waals surface area contributed by atoms with Crippen molar-refractivity contribution in [2.45, 2.75) is 45.7 Å². The Morgan fingerprint density at radius 2 is 2.10 bits per heavy atom. The SMILES string of the molecule is Cc1cnc2c(c1)nc(CCCl)n2CC(C)N1CCCC1. The van der Waals surface area contributed by atoms with E-state index >= 15 is 0 Å². The van der Waals surface area contributed by atoms with Crippen LogP contribution < -0.4 is 0 Å². The first-order valence-electron chi connectivity index (χ1n) is 7.81. The van der Waals surface area contributed by atoms with Crippen LogP contribution in [0, 0.1) is 6.92 Å². The van der Waals surface area contributed by atoms with Crippen molar-refractivity contribution in [3.8, 4) is 0 Å². The molecular formula is C16H23ClN4. The zero-order valence-corrected chi connectivity index (χ0v) is 13.6. The number of fused-ring (bicyclic) bond motifs is 1. The highest BCUT2D eigenvalue weighted by Crippen LogP contribution is 2.19. The summed E-state index contributed by atoms with van der Waals surface area (Å²) in [6, 6.07) is 2.62. The number of rotatable bonds is 5. The molecule has 0 saturated carbocycles. The van der Waals surface area contributed by atoms with Gasteiger partial charge in [-0.05, 0) is 51.4 Å². The van der Waals surface area contributed by atoms with Crippen molar-refractivity contribution in [1.82, 2.24) is 19.4 Å². The lowest BCUT2D eigenvalue weighted by molar-refractivity contribution is 0.235. The Morgan fingerprint density at radius 1 is 1.33 bits per heavy atom. The van der Waals surface area contributed by atoms with E-state index in [2.05, 4.69) is 34.4 Å². The van der Waals surface area contributed by atoms with Gasteiger partial charge in [-0.1, -0.05) is 0 Å². The fourth-order valence-electron chi connectivity index (χ4n) is 3.19. The lowest BCUT2D eigenvalue weighted by Crippen LogP contribution is -2.34. The van der Waals surface area contributed by atoms with Crippen molar-refractivity contribution in [3.05, 3.63) is 23.7 Å². The molecule has 0 aromatic carbocycles. The van der Waals surface area contributed by atoms with Crippen molar-refractivity contribution in [2.75, 3.05) is 19.0 Å². The molecule has 3 rings (SSSR count). The molecule has 0 spiro atoms. The van der Waals surface area contributed by atoms with E-state index in [1.54, 1.807) is 0 Å². The average Bonchev–Trinajstić information content (AvgIpc) is 3.08. The second kappa shape index (κ2) is 6.32. The number of halogens is 1. The Bertz CT molecular complexity index is 616. The number of alkyl halides is 1. The van der Waals surface area contributed by atoms with Crippen LogP contribution in [0.5, 0.6) is 0 Å². The minimum absolute atomic E-state index is 0.516. The summed E-state index contributed by atoms with van der Waals surface area (Å²) >= 11 is 5.95. The second-order valence-corrected chi connectivity index (χ2v) is 6.40. The predicted molar refractivity (Wildman–Crippen MR) is 87.0 cm³/mol. The highest BCUT2D eigenvalue weighted by Gasteiger charge is 2.21. The van der Waals surface area contributed by atoms with Crippen LogP contribution >= 0.6 is 11.6 Å². The Kier molecular flexibility index (Phi) is 4.45. The first kappa shape index (κ1) is 14.8. The molecule has 0 N–H and O–H groups in total. The number of pyridine rings is 1. The van der Waals surface area contributed by atoms with Crippen LogP contribution in [0.4, 0.5) is 0 Å². The van der Waals surface area contributed by atoms with Crippen molar-refractivity contribution in [3.63, 3.8) is 0 Å². The van der Waals surface area contributed by atoms with Crippen LogP contribution in [0.3, 0.4) is 0 Å². The van der Waals surface area contributed by atoms with E-state index in [0.29, 0.717) is 11.9 Å². The van der Waals surface area contributed by atoms with Gasteiger partial charge in [-0.3, -0.25) is 4.90 Å². The van der Waals surface area contributed by atoms with Crippen LogP contribution in [0.15, 0.2) is 12.3 Å². The maximum absolute atomic E-state index is 5.95. The summed E-state index contributed by atoms with van der Waals surface area (Å²) in [4.78, 5) is 11.9. The molecule has 1 unspecified atom stereocenters. The van der Waals surface area contributed by atoms with E-state index < -0.39 is 0 Å². The normalized spacial score (nSPS) is 17.7. The predicted octanol–water partition coefficient (Wildman–Crippen LogP) is 3.01. The van der Waals surface area contributed by atoms with Gasteiger partial charge in [-0.15, -0.1) is 11.6 Å². The molecule has 21 heavy (non-hydrogen) atoms. The first-order valence-corrected chi connectivity index (χ1v) is 8.34. The summed E-state index contributed by atoms with van der Waals surface area (Å²) in [5.74, 6) is 1.66. The van der Waals surface area contributed by atoms with Crippen LogP contribution in [0.2, 0.25) is 0 Å². The highest BCUT2D eigenvalue weighted by atomic mass is 35.5. The molecule has 1 aliphatic heterocycles.